The molecule has 120 valence electrons. The number of likely N-dealkylation sites (N-methyl/N-ethyl adjacent to an activating group) is 1. The van der Waals surface area contributed by atoms with Gasteiger partial charge in [-0.05, 0) is 12.3 Å². The van der Waals surface area contributed by atoms with Gasteiger partial charge in [-0.1, -0.05) is 13.8 Å². The molecule has 0 aromatic carbocycles. The van der Waals surface area contributed by atoms with Crippen LogP contribution in [0.5, 0.6) is 0 Å². The number of carboxylic acid groups (broad SMARTS) is 1. The van der Waals surface area contributed by atoms with E-state index in [0.29, 0.717) is 19.5 Å². The molecule has 1 heterocycles. The lowest BCUT2D eigenvalue weighted by molar-refractivity contribution is -0.152. The number of hydrogen-bond acceptors (Lipinski definition) is 3. The normalized spacial score (nSPS) is 19.5. The standard InChI is InChI=1S/C14H25N3O4/c1-9(2)11(13(19)20)16(5)12(18)10-6-7-17(8-10)14(21)15(3)4/h9-11H,6-8H2,1-5H3,(H,19,20)/t10-,11-/m0/s1. The van der Waals surface area contributed by atoms with Crippen molar-refractivity contribution in [2.45, 2.75) is 26.3 Å². The van der Waals surface area contributed by atoms with Crippen molar-refractivity contribution < 1.29 is 19.5 Å². The highest BCUT2D eigenvalue weighted by molar-refractivity contribution is 5.86. The molecule has 1 fully saturated rings. The van der Waals surface area contributed by atoms with E-state index in [2.05, 4.69) is 0 Å². The number of carbonyl (C=O) groups excluding carboxylic acids is 2. The molecule has 0 spiro atoms. The summed E-state index contributed by atoms with van der Waals surface area (Å²) in [7, 11) is 4.86. The molecule has 7 nitrogen and oxygen atoms in total. The number of carboxylic acids is 1. The molecule has 1 rings (SSSR count). The van der Waals surface area contributed by atoms with Gasteiger partial charge in [0.05, 0.1) is 5.92 Å². The zero-order valence-corrected chi connectivity index (χ0v) is 13.4. The number of carbonyl (C=O) groups is 3. The van der Waals surface area contributed by atoms with Crippen LogP contribution < -0.4 is 0 Å². The summed E-state index contributed by atoms with van der Waals surface area (Å²) in [6.07, 6.45) is 0.577. The number of likely N-dealkylation sites (tertiary alicyclic amines) is 1. The molecule has 0 unspecified atom stereocenters. The number of rotatable bonds is 4. The highest BCUT2D eigenvalue weighted by Gasteiger charge is 2.37. The van der Waals surface area contributed by atoms with Gasteiger partial charge in [0.1, 0.15) is 6.04 Å². The van der Waals surface area contributed by atoms with Crippen molar-refractivity contribution in [3.05, 3.63) is 0 Å². The van der Waals surface area contributed by atoms with Crippen molar-refractivity contribution in [2.75, 3.05) is 34.2 Å². The Morgan fingerprint density at radius 3 is 2.19 bits per heavy atom. The summed E-state index contributed by atoms with van der Waals surface area (Å²) in [5.74, 6) is -1.69. The predicted molar refractivity (Wildman–Crippen MR) is 77.8 cm³/mol. The minimum atomic E-state index is -1.000. The first-order valence-corrected chi connectivity index (χ1v) is 7.12. The van der Waals surface area contributed by atoms with Gasteiger partial charge in [0.25, 0.3) is 0 Å². The Morgan fingerprint density at radius 1 is 1.19 bits per heavy atom. The van der Waals surface area contributed by atoms with Crippen molar-refractivity contribution in [1.82, 2.24) is 14.7 Å². The molecule has 1 saturated heterocycles. The average molecular weight is 299 g/mol. The van der Waals surface area contributed by atoms with Gasteiger partial charge in [0, 0.05) is 34.2 Å². The van der Waals surface area contributed by atoms with Crippen LogP contribution in [0.1, 0.15) is 20.3 Å². The van der Waals surface area contributed by atoms with Gasteiger partial charge >= 0.3 is 12.0 Å². The van der Waals surface area contributed by atoms with E-state index < -0.39 is 12.0 Å². The Kier molecular flexibility index (Phi) is 5.57. The second-order valence-corrected chi connectivity index (χ2v) is 6.08. The first-order chi connectivity index (χ1) is 9.66. The summed E-state index contributed by atoms with van der Waals surface area (Å²) in [5, 5.41) is 9.25. The van der Waals surface area contributed by atoms with E-state index in [-0.39, 0.29) is 23.8 Å². The van der Waals surface area contributed by atoms with Gasteiger partial charge in [0.15, 0.2) is 0 Å². The van der Waals surface area contributed by atoms with E-state index in [9.17, 15) is 19.5 Å². The molecular formula is C14H25N3O4. The average Bonchev–Trinajstić information content (AvgIpc) is 2.85. The zero-order valence-electron chi connectivity index (χ0n) is 13.4. The quantitative estimate of drug-likeness (QED) is 0.822. The van der Waals surface area contributed by atoms with Crippen LogP contribution in [0.4, 0.5) is 4.79 Å². The van der Waals surface area contributed by atoms with Crippen LogP contribution in [0.3, 0.4) is 0 Å². The van der Waals surface area contributed by atoms with Crippen molar-refractivity contribution in [2.24, 2.45) is 11.8 Å². The maximum Gasteiger partial charge on any atom is 0.326 e. The van der Waals surface area contributed by atoms with E-state index in [4.69, 9.17) is 0 Å². The molecule has 1 N–H and O–H groups in total. The van der Waals surface area contributed by atoms with Crippen molar-refractivity contribution >= 4 is 17.9 Å². The summed E-state index contributed by atoms with van der Waals surface area (Å²) in [4.78, 5) is 40.0. The van der Waals surface area contributed by atoms with Crippen LogP contribution in [0.15, 0.2) is 0 Å². The van der Waals surface area contributed by atoms with Crippen LogP contribution in [0.25, 0.3) is 0 Å². The van der Waals surface area contributed by atoms with Gasteiger partial charge in [-0.15, -0.1) is 0 Å². The van der Waals surface area contributed by atoms with Gasteiger partial charge < -0.3 is 19.8 Å². The predicted octanol–water partition coefficient (Wildman–Crippen LogP) is 0.558. The van der Waals surface area contributed by atoms with Crippen LogP contribution in [-0.2, 0) is 9.59 Å². The molecule has 7 heteroatoms. The summed E-state index contributed by atoms with van der Waals surface area (Å²) in [6, 6.07) is -0.956. The smallest absolute Gasteiger partial charge is 0.326 e. The summed E-state index contributed by atoms with van der Waals surface area (Å²) in [6.45, 7) is 4.43. The molecule has 2 atom stereocenters. The Bertz CT molecular complexity index is 422. The number of aliphatic carboxylic acids is 1. The fourth-order valence-electron chi connectivity index (χ4n) is 2.74. The number of nitrogens with zero attached hydrogens (tertiary/aromatic N) is 3. The third-order valence-corrected chi connectivity index (χ3v) is 3.84. The summed E-state index contributed by atoms with van der Waals surface area (Å²) in [5.41, 5.74) is 0. The van der Waals surface area contributed by atoms with Crippen LogP contribution in [-0.4, -0.2) is 78.0 Å². The highest BCUT2D eigenvalue weighted by Crippen LogP contribution is 2.21. The van der Waals surface area contributed by atoms with E-state index in [1.54, 1.807) is 32.8 Å². The summed E-state index contributed by atoms with van der Waals surface area (Å²) < 4.78 is 0. The molecule has 3 amide bonds. The van der Waals surface area contributed by atoms with Crippen LogP contribution in [0, 0.1) is 11.8 Å². The van der Waals surface area contributed by atoms with E-state index in [1.807, 2.05) is 0 Å². The highest BCUT2D eigenvalue weighted by atomic mass is 16.4. The molecular weight excluding hydrogens is 274 g/mol. The molecule has 1 aliphatic heterocycles. The van der Waals surface area contributed by atoms with Gasteiger partial charge in [0.2, 0.25) is 5.91 Å². The monoisotopic (exact) mass is 299 g/mol. The maximum absolute atomic E-state index is 12.4. The third kappa shape index (κ3) is 3.86. The minimum Gasteiger partial charge on any atom is -0.480 e. The number of urea groups is 1. The molecule has 1 aliphatic rings. The van der Waals surface area contributed by atoms with Crippen molar-refractivity contribution in [3.8, 4) is 0 Å². The second kappa shape index (κ2) is 6.78. The van der Waals surface area contributed by atoms with Gasteiger partial charge in [-0.2, -0.15) is 0 Å². The SMILES string of the molecule is CC(C)[C@@H](C(=O)O)N(C)C(=O)[C@H]1CCN(C(=O)N(C)C)C1. The van der Waals surface area contributed by atoms with Crippen LogP contribution in [0.2, 0.25) is 0 Å². The molecule has 0 aromatic heterocycles. The van der Waals surface area contributed by atoms with E-state index >= 15 is 0 Å². The lowest BCUT2D eigenvalue weighted by Gasteiger charge is -2.30. The minimum absolute atomic E-state index is 0.119. The second-order valence-electron chi connectivity index (χ2n) is 6.08. The Labute approximate surface area is 125 Å². The summed E-state index contributed by atoms with van der Waals surface area (Å²) >= 11 is 0. The lowest BCUT2D eigenvalue weighted by Crippen LogP contribution is -2.48. The fourth-order valence-corrected chi connectivity index (χ4v) is 2.74. The van der Waals surface area contributed by atoms with Crippen LogP contribution >= 0.6 is 0 Å². The Morgan fingerprint density at radius 2 is 1.76 bits per heavy atom. The topological polar surface area (TPSA) is 81.2 Å². The molecule has 0 saturated carbocycles. The first kappa shape index (κ1) is 17.3. The first-order valence-electron chi connectivity index (χ1n) is 7.12. The van der Waals surface area contributed by atoms with Gasteiger partial charge in [-0.25, -0.2) is 9.59 Å². The van der Waals surface area contributed by atoms with Gasteiger partial charge in [-0.3, -0.25) is 4.79 Å². The largest absolute Gasteiger partial charge is 0.480 e. The molecule has 21 heavy (non-hydrogen) atoms. The van der Waals surface area contributed by atoms with Crippen molar-refractivity contribution in [1.29, 1.82) is 0 Å². The van der Waals surface area contributed by atoms with E-state index in [1.165, 1.54) is 16.8 Å². The Balaban J connectivity index is 2.72. The Hall–Kier alpha value is -1.79. The van der Waals surface area contributed by atoms with Crippen molar-refractivity contribution in [3.63, 3.8) is 0 Å². The fraction of sp³-hybridized carbons (Fsp3) is 0.786. The zero-order chi connectivity index (χ0) is 16.3. The number of amides is 3. The molecule has 0 aliphatic carbocycles. The van der Waals surface area contributed by atoms with E-state index in [0.717, 1.165) is 0 Å². The maximum atomic E-state index is 12.4. The number of hydrogen-bond donors (Lipinski definition) is 1. The third-order valence-electron chi connectivity index (χ3n) is 3.84. The lowest BCUT2D eigenvalue weighted by atomic mass is 10.0. The molecule has 0 aromatic rings. The molecule has 0 radical (unpaired) electrons. The molecule has 0 bridgehead atoms.